The van der Waals surface area contributed by atoms with Gasteiger partial charge in [0.25, 0.3) is 0 Å². The number of nitrogens with zero attached hydrogens (tertiary/aromatic N) is 1. The highest BCUT2D eigenvalue weighted by Gasteiger charge is 2.18. The third-order valence-electron chi connectivity index (χ3n) is 3.65. The van der Waals surface area contributed by atoms with E-state index in [1.807, 2.05) is 25.1 Å². The SMILES string of the molecule is Cc1ccc(Cl)cc1CNS(=O)(=O)c1cccc2cccnc12. The largest absolute Gasteiger partial charge is 0.255 e. The van der Waals surface area contributed by atoms with Gasteiger partial charge in [0.2, 0.25) is 10.0 Å². The molecule has 0 fully saturated rings. The molecule has 0 spiro atoms. The van der Waals surface area contributed by atoms with Crippen molar-refractivity contribution in [1.82, 2.24) is 9.71 Å². The first-order chi connectivity index (χ1) is 11.0. The number of fused-ring (bicyclic) bond motifs is 1. The molecule has 0 aliphatic rings. The summed E-state index contributed by atoms with van der Waals surface area (Å²) in [6, 6.07) is 14.1. The Morgan fingerprint density at radius 2 is 1.91 bits per heavy atom. The molecule has 1 N–H and O–H groups in total. The summed E-state index contributed by atoms with van der Waals surface area (Å²) in [6.07, 6.45) is 1.59. The maximum absolute atomic E-state index is 12.6. The van der Waals surface area contributed by atoms with E-state index in [1.165, 1.54) is 0 Å². The van der Waals surface area contributed by atoms with Crippen LogP contribution in [0.1, 0.15) is 11.1 Å². The fourth-order valence-electron chi connectivity index (χ4n) is 2.37. The van der Waals surface area contributed by atoms with Crippen molar-refractivity contribution in [3.63, 3.8) is 0 Å². The van der Waals surface area contributed by atoms with E-state index in [1.54, 1.807) is 36.5 Å². The van der Waals surface area contributed by atoms with Crippen LogP contribution in [0.15, 0.2) is 59.6 Å². The van der Waals surface area contributed by atoms with E-state index in [9.17, 15) is 8.42 Å². The van der Waals surface area contributed by atoms with Crippen molar-refractivity contribution in [3.8, 4) is 0 Å². The van der Waals surface area contributed by atoms with Gasteiger partial charge in [0.1, 0.15) is 4.90 Å². The predicted octanol–water partition coefficient (Wildman–Crippen LogP) is 3.68. The van der Waals surface area contributed by atoms with Crippen LogP contribution in [0.2, 0.25) is 5.02 Å². The molecule has 1 aromatic heterocycles. The number of nitrogens with one attached hydrogen (secondary N) is 1. The van der Waals surface area contributed by atoms with Crippen LogP contribution < -0.4 is 4.72 Å². The Morgan fingerprint density at radius 3 is 2.74 bits per heavy atom. The number of aryl methyl sites for hydroxylation is 1. The number of hydrogen-bond donors (Lipinski definition) is 1. The lowest BCUT2D eigenvalue weighted by Gasteiger charge is -2.11. The zero-order valence-electron chi connectivity index (χ0n) is 12.5. The Balaban J connectivity index is 1.94. The Hall–Kier alpha value is -1.95. The number of halogens is 1. The van der Waals surface area contributed by atoms with Crippen molar-refractivity contribution in [2.45, 2.75) is 18.4 Å². The van der Waals surface area contributed by atoms with Gasteiger partial charge in [0, 0.05) is 23.2 Å². The average molecular weight is 347 g/mol. The molecule has 4 nitrogen and oxygen atoms in total. The Bertz CT molecular complexity index is 966. The highest BCUT2D eigenvalue weighted by molar-refractivity contribution is 7.89. The highest BCUT2D eigenvalue weighted by Crippen LogP contribution is 2.21. The predicted molar refractivity (Wildman–Crippen MR) is 92.0 cm³/mol. The molecule has 0 aliphatic heterocycles. The number of rotatable bonds is 4. The topological polar surface area (TPSA) is 59.1 Å². The van der Waals surface area contributed by atoms with Gasteiger partial charge in [-0.3, -0.25) is 4.98 Å². The van der Waals surface area contributed by atoms with Crippen LogP contribution in [0.3, 0.4) is 0 Å². The number of para-hydroxylation sites is 1. The van der Waals surface area contributed by atoms with Gasteiger partial charge < -0.3 is 0 Å². The third-order valence-corrected chi connectivity index (χ3v) is 5.32. The highest BCUT2D eigenvalue weighted by atomic mass is 35.5. The van der Waals surface area contributed by atoms with Crippen LogP contribution in [0.5, 0.6) is 0 Å². The molecule has 3 rings (SSSR count). The van der Waals surface area contributed by atoms with E-state index in [0.717, 1.165) is 16.5 Å². The Morgan fingerprint density at radius 1 is 1.13 bits per heavy atom. The number of hydrogen-bond acceptors (Lipinski definition) is 3. The van der Waals surface area contributed by atoms with Crippen molar-refractivity contribution >= 4 is 32.5 Å². The summed E-state index contributed by atoms with van der Waals surface area (Å²) in [7, 11) is -3.67. The molecule has 0 radical (unpaired) electrons. The molecule has 0 amide bonds. The molecule has 0 saturated carbocycles. The number of sulfonamides is 1. The first kappa shape index (κ1) is 15.9. The smallest absolute Gasteiger partial charge is 0.243 e. The molecule has 3 aromatic rings. The summed E-state index contributed by atoms with van der Waals surface area (Å²) in [4.78, 5) is 4.37. The quantitative estimate of drug-likeness (QED) is 0.784. The lowest BCUT2D eigenvalue weighted by Crippen LogP contribution is -2.24. The summed E-state index contributed by atoms with van der Waals surface area (Å²) >= 11 is 5.97. The van der Waals surface area contributed by atoms with Crippen molar-refractivity contribution in [1.29, 1.82) is 0 Å². The summed E-state index contributed by atoms with van der Waals surface area (Å²) in [6.45, 7) is 2.09. The van der Waals surface area contributed by atoms with E-state index in [4.69, 9.17) is 11.6 Å². The standard InChI is InChI=1S/C17H15ClN2O2S/c1-12-7-8-15(18)10-14(12)11-20-23(21,22)16-6-2-4-13-5-3-9-19-17(13)16/h2-10,20H,11H2,1H3. The summed E-state index contributed by atoms with van der Waals surface area (Å²) in [5, 5.41) is 1.37. The molecular weight excluding hydrogens is 332 g/mol. The molecular formula is C17H15ClN2O2S. The Labute approximate surface area is 140 Å². The van der Waals surface area contributed by atoms with Gasteiger partial charge in [0.05, 0.1) is 5.52 Å². The molecule has 1 heterocycles. The lowest BCUT2D eigenvalue weighted by atomic mass is 10.1. The summed E-state index contributed by atoms with van der Waals surface area (Å²) in [5.41, 5.74) is 2.28. The molecule has 6 heteroatoms. The number of benzene rings is 2. The van der Waals surface area contributed by atoms with Crippen LogP contribution in [-0.2, 0) is 16.6 Å². The molecule has 118 valence electrons. The van der Waals surface area contributed by atoms with Crippen LogP contribution in [-0.4, -0.2) is 13.4 Å². The summed E-state index contributed by atoms with van der Waals surface area (Å²) in [5.74, 6) is 0. The van der Waals surface area contributed by atoms with Crippen LogP contribution in [0.25, 0.3) is 10.9 Å². The monoisotopic (exact) mass is 346 g/mol. The van der Waals surface area contributed by atoms with Crippen LogP contribution in [0.4, 0.5) is 0 Å². The number of pyridine rings is 1. The van der Waals surface area contributed by atoms with Crippen molar-refractivity contribution in [3.05, 3.63) is 70.9 Å². The first-order valence-corrected chi connectivity index (χ1v) is 8.92. The maximum atomic E-state index is 12.6. The van der Waals surface area contributed by atoms with Crippen molar-refractivity contribution in [2.24, 2.45) is 0 Å². The van der Waals surface area contributed by atoms with E-state index in [2.05, 4.69) is 9.71 Å². The van der Waals surface area contributed by atoms with E-state index in [0.29, 0.717) is 10.5 Å². The molecule has 0 atom stereocenters. The average Bonchev–Trinajstić information content (AvgIpc) is 2.55. The minimum Gasteiger partial charge on any atom is -0.255 e. The van der Waals surface area contributed by atoms with E-state index in [-0.39, 0.29) is 11.4 Å². The molecule has 2 aromatic carbocycles. The van der Waals surface area contributed by atoms with Gasteiger partial charge in [0.15, 0.2) is 0 Å². The molecule has 0 bridgehead atoms. The fraction of sp³-hybridized carbons (Fsp3) is 0.118. The fourth-order valence-corrected chi connectivity index (χ4v) is 3.75. The second-order valence-electron chi connectivity index (χ2n) is 5.23. The van der Waals surface area contributed by atoms with Gasteiger partial charge >= 0.3 is 0 Å². The van der Waals surface area contributed by atoms with Crippen LogP contribution >= 0.6 is 11.6 Å². The minimum atomic E-state index is -3.67. The van der Waals surface area contributed by atoms with Gasteiger partial charge in [-0.15, -0.1) is 0 Å². The van der Waals surface area contributed by atoms with Crippen molar-refractivity contribution < 1.29 is 8.42 Å². The Kier molecular flexibility index (Phi) is 4.35. The van der Waals surface area contributed by atoms with Crippen molar-refractivity contribution in [2.75, 3.05) is 0 Å². The van der Waals surface area contributed by atoms with Gasteiger partial charge in [-0.2, -0.15) is 0 Å². The summed E-state index contributed by atoms with van der Waals surface area (Å²) < 4.78 is 27.9. The normalized spacial score (nSPS) is 11.7. The molecule has 0 unspecified atom stereocenters. The molecule has 23 heavy (non-hydrogen) atoms. The minimum absolute atomic E-state index is 0.176. The van der Waals surface area contributed by atoms with Gasteiger partial charge in [-0.1, -0.05) is 35.9 Å². The zero-order valence-corrected chi connectivity index (χ0v) is 14.0. The van der Waals surface area contributed by atoms with E-state index >= 15 is 0 Å². The second-order valence-corrected chi connectivity index (χ2v) is 7.40. The first-order valence-electron chi connectivity index (χ1n) is 7.06. The molecule has 0 saturated heterocycles. The van der Waals surface area contributed by atoms with Gasteiger partial charge in [-0.05, 0) is 42.3 Å². The number of aromatic nitrogens is 1. The third kappa shape index (κ3) is 3.37. The maximum Gasteiger partial charge on any atom is 0.243 e. The lowest BCUT2D eigenvalue weighted by molar-refractivity contribution is 0.582. The van der Waals surface area contributed by atoms with Crippen LogP contribution in [0, 0.1) is 6.92 Å². The second kappa shape index (κ2) is 6.28. The van der Waals surface area contributed by atoms with E-state index < -0.39 is 10.0 Å². The van der Waals surface area contributed by atoms with Gasteiger partial charge in [-0.25, -0.2) is 13.1 Å². The molecule has 0 aliphatic carbocycles. The zero-order chi connectivity index (χ0) is 16.4.